The van der Waals surface area contributed by atoms with E-state index in [4.69, 9.17) is 16.3 Å². The van der Waals surface area contributed by atoms with E-state index in [1.807, 2.05) is 19.0 Å². The molecule has 3 aromatic rings. The topological polar surface area (TPSA) is 64.4 Å². The summed E-state index contributed by atoms with van der Waals surface area (Å²) >= 11 is 6.33. The minimum atomic E-state index is -0.810. The Bertz CT molecular complexity index is 1110. The zero-order valence-corrected chi connectivity index (χ0v) is 16.2. The quantitative estimate of drug-likeness (QED) is 0.625. The first-order valence-corrected chi connectivity index (χ1v) is 8.65. The van der Waals surface area contributed by atoms with Gasteiger partial charge in [0.1, 0.15) is 11.4 Å². The lowest BCUT2D eigenvalue weighted by atomic mass is 10.1. The summed E-state index contributed by atoms with van der Waals surface area (Å²) < 4.78 is 19.3. The number of hydrogen-bond donors (Lipinski definition) is 0. The second-order valence-electron chi connectivity index (χ2n) is 6.19. The van der Waals surface area contributed by atoms with Crippen LogP contribution in [0.1, 0.15) is 10.4 Å². The molecule has 0 spiro atoms. The molecule has 1 heterocycles. The SMILES string of the molecule is COC(=O)c1cc(-c2ccc(N(C)C)c(Cl)c2)nn(-c2cccc(F)c2)c1=O. The van der Waals surface area contributed by atoms with Crippen LogP contribution in [-0.2, 0) is 4.74 Å². The molecule has 0 saturated heterocycles. The van der Waals surface area contributed by atoms with Crippen LogP contribution >= 0.6 is 11.6 Å². The van der Waals surface area contributed by atoms with Gasteiger partial charge in [0.25, 0.3) is 5.56 Å². The van der Waals surface area contributed by atoms with E-state index in [1.54, 1.807) is 18.2 Å². The molecule has 28 heavy (non-hydrogen) atoms. The van der Waals surface area contributed by atoms with Crippen molar-refractivity contribution in [1.29, 1.82) is 0 Å². The van der Waals surface area contributed by atoms with Crippen molar-refractivity contribution in [3.05, 3.63) is 75.3 Å². The number of benzene rings is 2. The second-order valence-corrected chi connectivity index (χ2v) is 6.60. The Morgan fingerprint density at radius 1 is 1.18 bits per heavy atom. The minimum absolute atomic E-state index is 0.188. The third-order valence-electron chi connectivity index (χ3n) is 4.09. The van der Waals surface area contributed by atoms with Gasteiger partial charge in [-0.05, 0) is 36.4 Å². The molecular formula is C20H17ClFN3O3. The highest BCUT2D eigenvalue weighted by Gasteiger charge is 2.18. The summed E-state index contributed by atoms with van der Waals surface area (Å²) in [4.78, 5) is 26.7. The van der Waals surface area contributed by atoms with E-state index in [1.165, 1.54) is 31.4 Å². The lowest BCUT2D eigenvalue weighted by Crippen LogP contribution is -2.28. The van der Waals surface area contributed by atoms with Gasteiger partial charge in [-0.25, -0.2) is 9.18 Å². The van der Waals surface area contributed by atoms with Crippen LogP contribution in [0.3, 0.4) is 0 Å². The molecule has 1 aromatic heterocycles. The third-order valence-corrected chi connectivity index (χ3v) is 4.40. The Kier molecular flexibility index (Phi) is 5.46. The van der Waals surface area contributed by atoms with Crippen LogP contribution in [-0.4, -0.2) is 37.0 Å². The van der Waals surface area contributed by atoms with Gasteiger partial charge < -0.3 is 9.64 Å². The molecule has 2 aromatic carbocycles. The van der Waals surface area contributed by atoms with Crippen LogP contribution in [0.25, 0.3) is 16.9 Å². The fraction of sp³-hybridized carbons (Fsp3) is 0.150. The fourth-order valence-corrected chi connectivity index (χ4v) is 3.05. The van der Waals surface area contributed by atoms with E-state index < -0.39 is 17.3 Å². The molecule has 0 atom stereocenters. The number of nitrogens with zero attached hydrogens (tertiary/aromatic N) is 3. The molecule has 6 nitrogen and oxygen atoms in total. The van der Waals surface area contributed by atoms with E-state index in [9.17, 15) is 14.0 Å². The first-order valence-electron chi connectivity index (χ1n) is 8.27. The predicted molar refractivity (Wildman–Crippen MR) is 106 cm³/mol. The van der Waals surface area contributed by atoms with Gasteiger partial charge in [-0.15, -0.1) is 0 Å². The van der Waals surface area contributed by atoms with Crippen molar-refractivity contribution < 1.29 is 13.9 Å². The number of carbonyl (C=O) groups is 1. The smallest absolute Gasteiger partial charge is 0.343 e. The predicted octanol–water partition coefficient (Wildman–Crippen LogP) is 3.54. The highest BCUT2D eigenvalue weighted by atomic mass is 35.5. The summed E-state index contributed by atoms with van der Waals surface area (Å²) in [6, 6.07) is 12.0. The molecule has 0 saturated carbocycles. The number of carbonyl (C=O) groups excluding carboxylic acids is 1. The van der Waals surface area contributed by atoms with E-state index in [-0.39, 0.29) is 11.3 Å². The zero-order valence-electron chi connectivity index (χ0n) is 15.4. The largest absolute Gasteiger partial charge is 0.465 e. The Morgan fingerprint density at radius 3 is 2.54 bits per heavy atom. The Balaban J connectivity index is 2.25. The number of methoxy groups -OCH3 is 1. The van der Waals surface area contributed by atoms with E-state index in [0.29, 0.717) is 16.3 Å². The van der Waals surface area contributed by atoms with E-state index in [0.717, 1.165) is 16.4 Å². The van der Waals surface area contributed by atoms with Crippen LogP contribution in [0.15, 0.2) is 53.3 Å². The molecule has 0 unspecified atom stereocenters. The number of halogens is 2. The monoisotopic (exact) mass is 401 g/mol. The van der Waals surface area contributed by atoms with Crippen molar-refractivity contribution in [3.8, 4) is 16.9 Å². The number of hydrogen-bond acceptors (Lipinski definition) is 5. The maximum atomic E-state index is 13.6. The molecule has 0 radical (unpaired) electrons. The van der Waals surface area contributed by atoms with Gasteiger partial charge in [-0.1, -0.05) is 23.7 Å². The number of esters is 1. The Labute approximate surface area is 165 Å². The molecule has 144 valence electrons. The average Bonchev–Trinajstić information content (AvgIpc) is 2.67. The van der Waals surface area contributed by atoms with Crippen LogP contribution in [0.4, 0.5) is 10.1 Å². The summed E-state index contributed by atoms with van der Waals surface area (Å²) in [7, 11) is 4.90. The van der Waals surface area contributed by atoms with Gasteiger partial charge in [0.2, 0.25) is 0 Å². The number of anilines is 1. The molecule has 0 aliphatic rings. The van der Waals surface area contributed by atoms with Gasteiger partial charge in [-0.2, -0.15) is 9.78 Å². The summed E-state index contributed by atoms with van der Waals surface area (Å²) in [6.07, 6.45) is 0. The Hall–Kier alpha value is -3.19. The van der Waals surface area contributed by atoms with Gasteiger partial charge in [0.15, 0.2) is 0 Å². The maximum Gasteiger partial charge on any atom is 0.343 e. The van der Waals surface area contributed by atoms with Crippen molar-refractivity contribution in [2.75, 3.05) is 26.1 Å². The van der Waals surface area contributed by atoms with Crippen molar-refractivity contribution >= 4 is 23.3 Å². The highest BCUT2D eigenvalue weighted by molar-refractivity contribution is 6.33. The van der Waals surface area contributed by atoms with Crippen molar-refractivity contribution in [1.82, 2.24) is 9.78 Å². The standard InChI is InChI=1S/C20H17ClFN3O3/c1-24(2)18-8-7-12(9-16(18)21)17-11-15(20(27)28-3)19(26)25(23-17)14-6-4-5-13(22)10-14/h4-11H,1-3H3. The molecule has 0 aliphatic heterocycles. The van der Waals surface area contributed by atoms with Gasteiger partial charge >= 0.3 is 5.97 Å². The second kappa shape index (κ2) is 7.82. The summed E-state index contributed by atoms with van der Waals surface area (Å²) in [5, 5.41) is 4.78. The summed E-state index contributed by atoms with van der Waals surface area (Å²) in [6.45, 7) is 0. The maximum absolute atomic E-state index is 13.6. The normalized spacial score (nSPS) is 10.6. The molecule has 3 rings (SSSR count). The average molecular weight is 402 g/mol. The first kappa shape index (κ1) is 19.6. The summed E-state index contributed by atoms with van der Waals surface area (Å²) in [5.74, 6) is -1.34. The fourth-order valence-electron chi connectivity index (χ4n) is 2.70. The molecule has 0 bridgehead atoms. The third kappa shape index (κ3) is 3.75. The van der Waals surface area contributed by atoms with Crippen molar-refractivity contribution in [3.63, 3.8) is 0 Å². The lowest BCUT2D eigenvalue weighted by Gasteiger charge is -2.15. The van der Waals surface area contributed by atoms with E-state index >= 15 is 0 Å². The van der Waals surface area contributed by atoms with E-state index in [2.05, 4.69) is 5.10 Å². The minimum Gasteiger partial charge on any atom is -0.465 e. The molecule has 0 fully saturated rings. The van der Waals surface area contributed by atoms with Crippen molar-refractivity contribution in [2.45, 2.75) is 0 Å². The first-order chi connectivity index (χ1) is 13.3. The van der Waals surface area contributed by atoms with Gasteiger partial charge in [0.05, 0.1) is 29.2 Å². The highest BCUT2D eigenvalue weighted by Crippen LogP contribution is 2.29. The van der Waals surface area contributed by atoms with Gasteiger partial charge in [0, 0.05) is 19.7 Å². The molecule has 0 aliphatic carbocycles. The van der Waals surface area contributed by atoms with Crippen LogP contribution < -0.4 is 10.5 Å². The lowest BCUT2D eigenvalue weighted by molar-refractivity contribution is 0.0598. The number of aromatic nitrogens is 2. The van der Waals surface area contributed by atoms with Crippen LogP contribution in [0.2, 0.25) is 5.02 Å². The molecule has 0 amide bonds. The number of rotatable bonds is 4. The summed E-state index contributed by atoms with van der Waals surface area (Å²) in [5.41, 5.74) is 0.967. The van der Waals surface area contributed by atoms with Crippen LogP contribution in [0, 0.1) is 5.82 Å². The molecular weight excluding hydrogens is 385 g/mol. The number of ether oxygens (including phenoxy) is 1. The zero-order chi connectivity index (χ0) is 20.4. The van der Waals surface area contributed by atoms with Gasteiger partial charge in [-0.3, -0.25) is 4.79 Å². The molecule has 8 heteroatoms. The van der Waals surface area contributed by atoms with Crippen molar-refractivity contribution in [2.24, 2.45) is 0 Å². The molecule has 0 N–H and O–H groups in total. The Morgan fingerprint density at radius 2 is 1.93 bits per heavy atom. The van der Waals surface area contributed by atoms with Crippen LogP contribution in [0.5, 0.6) is 0 Å².